The van der Waals surface area contributed by atoms with Crippen molar-refractivity contribution in [3.05, 3.63) is 0 Å². The first kappa shape index (κ1) is 30.4. The number of hydrogen-bond acceptors (Lipinski definition) is 4. The lowest BCUT2D eigenvalue weighted by Gasteiger charge is -2.32. The minimum atomic E-state index is 0.0590. The molecule has 0 atom stereocenters. The Morgan fingerprint density at radius 3 is 1.57 bits per heavy atom. The van der Waals surface area contributed by atoms with Gasteiger partial charge in [0.05, 0.1) is 18.1 Å². The largest absolute Gasteiger partial charge is 0.462 e. The molecule has 0 bridgehead atoms. The predicted molar refractivity (Wildman–Crippen MR) is 161 cm³/mol. The molecule has 0 aromatic carbocycles. The van der Waals surface area contributed by atoms with Gasteiger partial charge in [-0.2, -0.15) is 0 Å². The lowest BCUT2D eigenvalue weighted by atomic mass is 9.79. The van der Waals surface area contributed by atoms with Gasteiger partial charge in [-0.05, 0) is 102 Å². The highest BCUT2D eigenvalue weighted by atomic mass is 16.7. The Labute approximate surface area is 245 Å². The number of esters is 1. The van der Waals surface area contributed by atoms with Crippen LogP contribution < -0.4 is 0 Å². The van der Waals surface area contributed by atoms with E-state index in [9.17, 15) is 4.79 Å². The molecular formula is C36H58O4. The third kappa shape index (κ3) is 10.0. The maximum absolute atomic E-state index is 12.9. The standard InChI is InChI=1S/C36H58O4/c37-36(40-35-23-17-31(18-24-35)14-12-29-9-5-2-6-10-29)32-19-25-34(26-20-32)39-27-38-33-21-15-30(16-22-33)13-11-28-7-3-1-4-8-28/h28-35H,1-10,12,14-27H2. The molecule has 5 saturated carbocycles. The van der Waals surface area contributed by atoms with Gasteiger partial charge in [0, 0.05) is 11.8 Å². The van der Waals surface area contributed by atoms with Crippen LogP contribution in [0.3, 0.4) is 0 Å². The van der Waals surface area contributed by atoms with Gasteiger partial charge in [-0.1, -0.05) is 76.0 Å². The van der Waals surface area contributed by atoms with Crippen LogP contribution in [0.15, 0.2) is 0 Å². The Balaban J connectivity index is 0.884. The first-order chi connectivity index (χ1) is 19.7. The summed E-state index contributed by atoms with van der Waals surface area (Å²) in [6, 6.07) is 0. The average Bonchev–Trinajstić information content (AvgIpc) is 3.02. The zero-order valence-electron chi connectivity index (χ0n) is 25.4. The summed E-state index contributed by atoms with van der Waals surface area (Å²) in [7, 11) is 0. The Hall–Kier alpha value is -1.05. The lowest BCUT2D eigenvalue weighted by molar-refractivity contribution is -0.161. The molecule has 0 aromatic rings. The van der Waals surface area contributed by atoms with E-state index in [0.29, 0.717) is 24.7 Å². The van der Waals surface area contributed by atoms with E-state index in [2.05, 4.69) is 11.8 Å². The SMILES string of the molecule is O=C(OC1CCC(CCC2CCCCC2)CC1)C1CCC(OCOC2CCC(C#CC3CCCCC3)CC2)CC1. The van der Waals surface area contributed by atoms with Crippen LogP contribution in [0.1, 0.15) is 154 Å². The van der Waals surface area contributed by atoms with E-state index < -0.39 is 0 Å². The number of carbonyl (C=O) groups excluding carboxylic acids is 1. The van der Waals surface area contributed by atoms with Crippen molar-refractivity contribution in [3.8, 4) is 11.8 Å². The maximum Gasteiger partial charge on any atom is 0.309 e. The van der Waals surface area contributed by atoms with Crippen LogP contribution >= 0.6 is 0 Å². The smallest absolute Gasteiger partial charge is 0.309 e. The monoisotopic (exact) mass is 554 g/mol. The maximum atomic E-state index is 12.9. The molecule has 5 aliphatic carbocycles. The summed E-state index contributed by atoms with van der Waals surface area (Å²) in [6.07, 6.45) is 30.5. The molecule has 0 N–H and O–H groups in total. The van der Waals surface area contributed by atoms with Gasteiger partial charge in [-0.25, -0.2) is 0 Å². The highest BCUT2D eigenvalue weighted by Gasteiger charge is 2.31. The van der Waals surface area contributed by atoms with E-state index >= 15 is 0 Å². The van der Waals surface area contributed by atoms with Crippen molar-refractivity contribution < 1.29 is 19.0 Å². The molecule has 0 amide bonds. The third-order valence-corrected chi connectivity index (χ3v) is 11.2. The van der Waals surface area contributed by atoms with Gasteiger partial charge < -0.3 is 14.2 Å². The molecule has 0 spiro atoms. The summed E-state index contributed by atoms with van der Waals surface area (Å²) >= 11 is 0. The zero-order chi connectivity index (χ0) is 27.4. The van der Waals surface area contributed by atoms with Gasteiger partial charge in [-0.3, -0.25) is 4.79 Å². The summed E-state index contributed by atoms with van der Waals surface area (Å²) < 4.78 is 18.2. The van der Waals surface area contributed by atoms with Crippen LogP contribution in [0.4, 0.5) is 0 Å². The van der Waals surface area contributed by atoms with Crippen LogP contribution in [0.25, 0.3) is 0 Å². The van der Waals surface area contributed by atoms with Crippen molar-refractivity contribution in [1.82, 2.24) is 0 Å². The molecule has 0 unspecified atom stereocenters. The second-order valence-electron chi connectivity index (χ2n) is 14.2. The highest BCUT2D eigenvalue weighted by molar-refractivity contribution is 5.72. The summed E-state index contributed by atoms with van der Waals surface area (Å²) in [5.41, 5.74) is 0. The van der Waals surface area contributed by atoms with Crippen LogP contribution in [0, 0.1) is 41.4 Å². The van der Waals surface area contributed by atoms with Crippen molar-refractivity contribution in [2.45, 2.75) is 172 Å². The van der Waals surface area contributed by atoms with Crippen molar-refractivity contribution in [3.63, 3.8) is 0 Å². The fourth-order valence-corrected chi connectivity index (χ4v) is 8.30. The quantitative estimate of drug-likeness (QED) is 0.162. The van der Waals surface area contributed by atoms with E-state index in [1.807, 2.05) is 0 Å². The summed E-state index contributed by atoms with van der Waals surface area (Å²) in [6.45, 7) is 0.396. The first-order valence-electron chi connectivity index (χ1n) is 17.7. The highest BCUT2D eigenvalue weighted by Crippen LogP contribution is 2.35. The van der Waals surface area contributed by atoms with Crippen molar-refractivity contribution in [2.75, 3.05) is 6.79 Å². The molecule has 226 valence electrons. The molecule has 5 fully saturated rings. The fraction of sp³-hybridized carbons (Fsp3) is 0.917. The van der Waals surface area contributed by atoms with Crippen molar-refractivity contribution in [1.29, 1.82) is 0 Å². The van der Waals surface area contributed by atoms with Crippen LogP contribution in [0.2, 0.25) is 0 Å². The zero-order valence-corrected chi connectivity index (χ0v) is 25.4. The van der Waals surface area contributed by atoms with Gasteiger partial charge in [0.1, 0.15) is 12.9 Å². The second-order valence-corrected chi connectivity index (χ2v) is 14.2. The molecular weight excluding hydrogens is 496 g/mol. The van der Waals surface area contributed by atoms with E-state index in [4.69, 9.17) is 14.2 Å². The molecule has 4 heteroatoms. The van der Waals surface area contributed by atoms with Gasteiger partial charge in [0.15, 0.2) is 0 Å². The Morgan fingerprint density at radius 2 is 0.975 bits per heavy atom. The Bertz CT molecular complexity index is 777. The number of rotatable bonds is 9. The topological polar surface area (TPSA) is 44.8 Å². The molecule has 0 aliphatic heterocycles. The van der Waals surface area contributed by atoms with Crippen molar-refractivity contribution >= 4 is 5.97 Å². The molecule has 40 heavy (non-hydrogen) atoms. The molecule has 0 radical (unpaired) electrons. The summed E-state index contributed by atoms with van der Waals surface area (Å²) in [5, 5.41) is 0. The minimum Gasteiger partial charge on any atom is -0.462 e. The van der Waals surface area contributed by atoms with Gasteiger partial charge >= 0.3 is 5.97 Å². The van der Waals surface area contributed by atoms with E-state index in [0.717, 1.165) is 63.2 Å². The van der Waals surface area contributed by atoms with Gasteiger partial charge in [-0.15, -0.1) is 0 Å². The Kier molecular flexibility index (Phi) is 12.6. The summed E-state index contributed by atoms with van der Waals surface area (Å²) in [4.78, 5) is 12.9. The molecule has 4 nitrogen and oxygen atoms in total. The van der Waals surface area contributed by atoms with E-state index in [1.54, 1.807) is 0 Å². The molecule has 5 rings (SSSR count). The van der Waals surface area contributed by atoms with E-state index in [-0.39, 0.29) is 24.1 Å². The van der Waals surface area contributed by atoms with Gasteiger partial charge in [0.2, 0.25) is 0 Å². The van der Waals surface area contributed by atoms with Crippen LogP contribution in [0.5, 0.6) is 0 Å². The minimum absolute atomic E-state index is 0.0590. The molecule has 0 heterocycles. The Morgan fingerprint density at radius 1 is 0.500 bits per heavy atom. The van der Waals surface area contributed by atoms with E-state index in [1.165, 1.54) is 103 Å². The number of ether oxygens (including phenoxy) is 3. The van der Waals surface area contributed by atoms with Gasteiger partial charge in [0.25, 0.3) is 0 Å². The third-order valence-electron chi connectivity index (χ3n) is 11.2. The fourth-order valence-electron chi connectivity index (χ4n) is 8.30. The lowest BCUT2D eigenvalue weighted by Crippen LogP contribution is -2.32. The second kappa shape index (κ2) is 16.6. The van der Waals surface area contributed by atoms with Crippen LogP contribution in [-0.2, 0) is 19.0 Å². The number of hydrogen-bond donors (Lipinski definition) is 0. The predicted octanol–water partition coefficient (Wildman–Crippen LogP) is 9.14. The molecule has 5 aliphatic rings. The molecule has 0 saturated heterocycles. The number of carbonyl (C=O) groups is 1. The first-order valence-corrected chi connectivity index (χ1v) is 17.7. The van der Waals surface area contributed by atoms with Crippen molar-refractivity contribution in [2.24, 2.45) is 29.6 Å². The normalized spacial score (nSPS) is 34.5. The van der Waals surface area contributed by atoms with Crippen LogP contribution in [-0.4, -0.2) is 31.1 Å². The summed E-state index contributed by atoms with van der Waals surface area (Å²) in [5.74, 6) is 10.4. The average molecular weight is 555 g/mol. The molecule has 0 aromatic heterocycles.